The fourth-order valence-corrected chi connectivity index (χ4v) is 2.24. The van der Waals surface area contributed by atoms with Crippen molar-refractivity contribution >= 4 is 6.09 Å². The molecule has 0 spiro atoms. The molecule has 1 amide bonds. The van der Waals surface area contributed by atoms with E-state index in [1.165, 1.54) is 0 Å². The minimum atomic E-state index is -0.436. The quantitative estimate of drug-likeness (QED) is 0.797. The van der Waals surface area contributed by atoms with Gasteiger partial charge in [0.2, 0.25) is 0 Å². The molecule has 4 nitrogen and oxygen atoms in total. The van der Waals surface area contributed by atoms with Gasteiger partial charge in [0, 0.05) is 31.6 Å². The first-order valence-corrected chi connectivity index (χ1v) is 6.99. The van der Waals surface area contributed by atoms with E-state index in [9.17, 15) is 4.79 Å². The van der Waals surface area contributed by atoms with Crippen molar-refractivity contribution < 1.29 is 9.53 Å². The van der Waals surface area contributed by atoms with Gasteiger partial charge in [-0.1, -0.05) is 0 Å². The topological polar surface area (TPSA) is 41.6 Å². The third kappa shape index (κ3) is 5.98. The van der Waals surface area contributed by atoms with E-state index in [-0.39, 0.29) is 12.1 Å². The summed E-state index contributed by atoms with van der Waals surface area (Å²) >= 11 is 0. The van der Waals surface area contributed by atoms with Crippen molar-refractivity contribution in [1.29, 1.82) is 0 Å². The number of likely N-dealkylation sites (tertiary alicyclic amines) is 1. The Morgan fingerprint density at radius 3 is 2.84 bits per heavy atom. The molecule has 0 aromatic rings. The molecule has 1 aliphatic rings. The predicted molar refractivity (Wildman–Crippen MR) is 76.9 cm³/mol. The summed E-state index contributed by atoms with van der Waals surface area (Å²) < 4.78 is 5.40. The van der Waals surface area contributed by atoms with Crippen molar-refractivity contribution in [2.45, 2.75) is 64.6 Å². The van der Waals surface area contributed by atoms with Crippen LogP contribution in [0.25, 0.3) is 0 Å². The van der Waals surface area contributed by atoms with E-state index in [0.717, 1.165) is 19.4 Å². The van der Waals surface area contributed by atoms with E-state index in [0.29, 0.717) is 19.0 Å². The Bertz CT molecular complexity index is 341. The summed E-state index contributed by atoms with van der Waals surface area (Å²) in [6, 6.07) is 0.596. The first kappa shape index (κ1) is 15.8. The van der Waals surface area contributed by atoms with Crippen LogP contribution in [0.3, 0.4) is 0 Å². The maximum Gasteiger partial charge on any atom is 0.410 e. The maximum atomic E-state index is 12.0. The molecular formula is C15H26N2O2. The molecule has 1 saturated heterocycles. The van der Waals surface area contributed by atoms with Crippen LogP contribution in [0.5, 0.6) is 0 Å². The van der Waals surface area contributed by atoms with Crippen molar-refractivity contribution in [3.8, 4) is 12.3 Å². The van der Waals surface area contributed by atoms with Crippen LogP contribution in [0, 0.1) is 12.3 Å². The van der Waals surface area contributed by atoms with Gasteiger partial charge in [-0.05, 0) is 40.5 Å². The van der Waals surface area contributed by atoms with Crippen LogP contribution in [0.15, 0.2) is 0 Å². The molecule has 0 bridgehead atoms. The van der Waals surface area contributed by atoms with Gasteiger partial charge >= 0.3 is 6.09 Å². The van der Waals surface area contributed by atoms with Crippen molar-refractivity contribution in [1.82, 2.24) is 10.2 Å². The number of carbonyl (C=O) groups is 1. The molecule has 0 aromatic carbocycles. The monoisotopic (exact) mass is 266 g/mol. The van der Waals surface area contributed by atoms with E-state index in [1.54, 1.807) is 4.90 Å². The fraction of sp³-hybridized carbons (Fsp3) is 0.800. The van der Waals surface area contributed by atoms with E-state index in [4.69, 9.17) is 11.2 Å². The first-order chi connectivity index (χ1) is 8.81. The number of hydrogen-bond donors (Lipinski definition) is 1. The van der Waals surface area contributed by atoms with Gasteiger partial charge in [0.05, 0.1) is 0 Å². The largest absolute Gasteiger partial charge is 0.444 e. The lowest BCUT2D eigenvalue weighted by Crippen LogP contribution is -2.51. The summed E-state index contributed by atoms with van der Waals surface area (Å²) in [6.45, 7) is 9.21. The Hall–Kier alpha value is -1.21. The van der Waals surface area contributed by atoms with E-state index in [1.807, 2.05) is 20.8 Å². The van der Waals surface area contributed by atoms with Crippen LogP contribution in [-0.2, 0) is 4.74 Å². The molecule has 2 atom stereocenters. The van der Waals surface area contributed by atoms with Gasteiger partial charge in [0.15, 0.2) is 0 Å². The van der Waals surface area contributed by atoms with Crippen LogP contribution in [0.4, 0.5) is 4.79 Å². The highest BCUT2D eigenvalue weighted by Crippen LogP contribution is 2.15. The van der Waals surface area contributed by atoms with Crippen molar-refractivity contribution in [3.63, 3.8) is 0 Å². The zero-order valence-corrected chi connectivity index (χ0v) is 12.5. The smallest absolute Gasteiger partial charge is 0.410 e. The van der Waals surface area contributed by atoms with Gasteiger partial charge in [-0.25, -0.2) is 4.79 Å². The molecule has 1 N–H and O–H groups in total. The molecular weight excluding hydrogens is 240 g/mol. The Labute approximate surface area is 116 Å². The van der Waals surface area contributed by atoms with Gasteiger partial charge < -0.3 is 15.0 Å². The van der Waals surface area contributed by atoms with Crippen molar-refractivity contribution in [2.75, 3.05) is 13.1 Å². The van der Waals surface area contributed by atoms with E-state index >= 15 is 0 Å². The molecule has 1 heterocycles. The number of piperidine rings is 1. The molecule has 0 aliphatic carbocycles. The maximum absolute atomic E-state index is 12.0. The number of ether oxygens (including phenoxy) is 1. The average Bonchev–Trinajstić information content (AvgIpc) is 2.27. The molecule has 1 fully saturated rings. The number of nitrogens with one attached hydrogen (secondary N) is 1. The highest BCUT2D eigenvalue weighted by atomic mass is 16.6. The van der Waals surface area contributed by atoms with E-state index < -0.39 is 5.60 Å². The Balaban J connectivity index is 2.46. The van der Waals surface area contributed by atoms with Crippen LogP contribution < -0.4 is 5.32 Å². The molecule has 0 radical (unpaired) electrons. The third-order valence-corrected chi connectivity index (χ3v) is 3.02. The molecule has 108 valence electrons. The number of carbonyl (C=O) groups excluding carboxylic acids is 1. The molecule has 0 aromatic heterocycles. The SMILES string of the molecule is C#CCC(C)NC1CCCN(C(=O)OC(C)(C)C)C1. The Kier molecular flexibility index (Phi) is 5.68. The van der Waals surface area contributed by atoms with Crippen molar-refractivity contribution in [3.05, 3.63) is 0 Å². The minimum Gasteiger partial charge on any atom is -0.444 e. The second-order valence-corrected chi connectivity index (χ2v) is 6.24. The lowest BCUT2D eigenvalue weighted by Gasteiger charge is -2.35. The summed E-state index contributed by atoms with van der Waals surface area (Å²) in [5.74, 6) is 2.65. The zero-order valence-electron chi connectivity index (χ0n) is 12.5. The van der Waals surface area contributed by atoms with Gasteiger partial charge in [0.25, 0.3) is 0 Å². The third-order valence-electron chi connectivity index (χ3n) is 3.02. The van der Waals surface area contributed by atoms with Gasteiger partial charge in [-0.3, -0.25) is 0 Å². The highest BCUT2D eigenvalue weighted by Gasteiger charge is 2.27. The molecule has 1 rings (SSSR count). The number of amides is 1. The van der Waals surface area contributed by atoms with E-state index in [2.05, 4.69) is 18.2 Å². The molecule has 1 aliphatic heterocycles. The highest BCUT2D eigenvalue weighted by molar-refractivity contribution is 5.68. The van der Waals surface area contributed by atoms with Crippen LogP contribution in [-0.4, -0.2) is 41.8 Å². The van der Waals surface area contributed by atoms with Crippen LogP contribution >= 0.6 is 0 Å². The summed E-state index contributed by atoms with van der Waals surface area (Å²) in [4.78, 5) is 13.8. The number of terminal acetylenes is 1. The first-order valence-electron chi connectivity index (χ1n) is 6.99. The predicted octanol–water partition coefficient (Wildman–Crippen LogP) is 2.39. The van der Waals surface area contributed by atoms with Gasteiger partial charge in [-0.15, -0.1) is 12.3 Å². The lowest BCUT2D eigenvalue weighted by molar-refractivity contribution is 0.0184. The lowest BCUT2D eigenvalue weighted by atomic mass is 10.0. The Morgan fingerprint density at radius 2 is 2.26 bits per heavy atom. The molecule has 19 heavy (non-hydrogen) atoms. The standard InChI is InChI=1S/C15H26N2O2/c1-6-8-12(2)16-13-9-7-10-17(11-13)14(18)19-15(3,4)5/h1,12-13,16H,7-11H2,2-5H3. The molecule has 4 heteroatoms. The summed E-state index contributed by atoms with van der Waals surface area (Å²) in [6.07, 6.45) is 7.87. The number of nitrogens with zero attached hydrogens (tertiary/aromatic N) is 1. The summed E-state index contributed by atoms with van der Waals surface area (Å²) in [5, 5.41) is 3.48. The molecule has 2 unspecified atom stereocenters. The Morgan fingerprint density at radius 1 is 1.58 bits per heavy atom. The molecule has 0 saturated carbocycles. The zero-order chi connectivity index (χ0) is 14.5. The number of hydrogen-bond acceptors (Lipinski definition) is 3. The van der Waals surface area contributed by atoms with Gasteiger partial charge in [-0.2, -0.15) is 0 Å². The number of rotatable bonds is 3. The second-order valence-electron chi connectivity index (χ2n) is 6.24. The van der Waals surface area contributed by atoms with Crippen LogP contribution in [0.2, 0.25) is 0 Å². The second kappa shape index (κ2) is 6.81. The van der Waals surface area contributed by atoms with Gasteiger partial charge in [0.1, 0.15) is 5.60 Å². The minimum absolute atomic E-state index is 0.219. The fourth-order valence-electron chi connectivity index (χ4n) is 2.24. The average molecular weight is 266 g/mol. The summed E-state index contributed by atoms with van der Waals surface area (Å²) in [5.41, 5.74) is -0.436. The normalized spacial score (nSPS) is 21.6. The van der Waals surface area contributed by atoms with Crippen LogP contribution in [0.1, 0.15) is 47.0 Å². The van der Waals surface area contributed by atoms with Crippen molar-refractivity contribution in [2.24, 2.45) is 0 Å². The summed E-state index contributed by atoms with van der Waals surface area (Å²) in [7, 11) is 0.